The Bertz CT molecular complexity index is 542. The molecule has 84 valence electrons. The second kappa shape index (κ2) is 4.17. The second-order valence-corrected chi connectivity index (χ2v) is 4.56. The van der Waals surface area contributed by atoms with Gasteiger partial charge in [-0.1, -0.05) is 49.4 Å². The van der Waals surface area contributed by atoms with Gasteiger partial charge < -0.3 is 0 Å². The van der Waals surface area contributed by atoms with Gasteiger partial charge in [0.2, 0.25) is 0 Å². The van der Waals surface area contributed by atoms with E-state index >= 15 is 0 Å². The molecule has 0 saturated carbocycles. The summed E-state index contributed by atoms with van der Waals surface area (Å²) in [6.07, 6.45) is 6.39. The quantitative estimate of drug-likeness (QED) is 0.747. The summed E-state index contributed by atoms with van der Waals surface area (Å²) in [5.41, 5.74) is 3.93. The Kier molecular flexibility index (Phi) is 2.52. The summed E-state index contributed by atoms with van der Waals surface area (Å²) in [5.74, 6) is 0.886. The standard InChI is InChI=1S/C16H15N/c1-12(16-8-4-5-11-17-16)14-10-9-13-6-2-3-7-15(13)14/h2-12,14H,1H3. The number of nitrogens with zero attached hydrogens (tertiary/aromatic N) is 1. The lowest BCUT2D eigenvalue weighted by Crippen LogP contribution is -2.06. The van der Waals surface area contributed by atoms with Gasteiger partial charge in [0.15, 0.2) is 0 Å². The SMILES string of the molecule is CC(c1ccccn1)C1C=Cc2ccccc21. The summed E-state index contributed by atoms with van der Waals surface area (Å²) >= 11 is 0. The van der Waals surface area contributed by atoms with Crippen molar-refractivity contribution in [1.29, 1.82) is 0 Å². The monoisotopic (exact) mass is 221 g/mol. The minimum Gasteiger partial charge on any atom is -0.261 e. The Hall–Kier alpha value is -1.89. The van der Waals surface area contributed by atoms with Crippen molar-refractivity contribution in [3.63, 3.8) is 0 Å². The van der Waals surface area contributed by atoms with E-state index in [1.165, 1.54) is 16.8 Å². The molecule has 0 saturated heterocycles. The molecule has 1 aliphatic rings. The molecule has 0 spiro atoms. The molecule has 0 fully saturated rings. The minimum atomic E-state index is 0.427. The van der Waals surface area contributed by atoms with Gasteiger partial charge in [0.25, 0.3) is 0 Å². The lowest BCUT2D eigenvalue weighted by Gasteiger charge is -2.18. The zero-order valence-electron chi connectivity index (χ0n) is 9.88. The first-order chi connectivity index (χ1) is 8.36. The zero-order chi connectivity index (χ0) is 11.7. The number of hydrogen-bond donors (Lipinski definition) is 0. The molecule has 0 radical (unpaired) electrons. The highest BCUT2D eigenvalue weighted by Gasteiger charge is 2.24. The number of benzene rings is 1. The fourth-order valence-corrected chi connectivity index (χ4v) is 2.54. The van der Waals surface area contributed by atoms with Crippen LogP contribution in [0.25, 0.3) is 6.08 Å². The third-order valence-corrected chi connectivity index (χ3v) is 3.53. The molecular formula is C16H15N. The maximum Gasteiger partial charge on any atom is 0.0440 e. The van der Waals surface area contributed by atoms with Gasteiger partial charge >= 0.3 is 0 Å². The molecule has 17 heavy (non-hydrogen) atoms. The van der Waals surface area contributed by atoms with Crippen molar-refractivity contribution in [2.24, 2.45) is 0 Å². The van der Waals surface area contributed by atoms with Crippen LogP contribution in [0.2, 0.25) is 0 Å². The summed E-state index contributed by atoms with van der Waals surface area (Å²) < 4.78 is 0. The first kappa shape index (κ1) is 10.3. The highest BCUT2D eigenvalue weighted by molar-refractivity contribution is 5.63. The first-order valence-electron chi connectivity index (χ1n) is 6.04. The molecule has 1 aromatic heterocycles. The number of pyridine rings is 1. The van der Waals surface area contributed by atoms with E-state index < -0.39 is 0 Å². The van der Waals surface area contributed by atoms with Crippen LogP contribution in [0.15, 0.2) is 54.7 Å². The molecule has 1 heterocycles. The predicted octanol–water partition coefficient (Wildman–Crippen LogP) is 4.00. The summed E-state index contributed by atoms with van der Waals surface area (Å²) in [4.78, 5) is 4.46. The van der Waals surface area contributed by atoms with Crippen molar-refractivity contribution < 1.29 is 0 Å². The van der Waals surface area contributed by atoms with E-state index in [2.05, 4.69) is 60.5 Å². The smallest absolute Gasteiger partial charge is 0.0440 e. The number of allylic oxidation sites excluding steroid dienone is 1. The van der Waals surface area contributed by atoms with Gasteiger partial charge in [0.1, 0.15) is 0 Å². The molecule has 2 aromatic rings. The van der Waals surface area contributed by atoms with Crippen LogP contribution in [0.4, 0.5) is 0 Å². The molecule has 0 amide bonds. The average Bonchev–Trinajstić information content (AvgIpc) is 2.83. The molecular weight excluding hydrogens is 206 g/mol. The largest absolute Gasteiger partial charge is 0.261 e. The lowest BCUT2D eigenvalue weighted by atomic mass is 9.86. The van der Waals surface area contributed by atoms with Crippen LogP contribution in [-0.2, 0) is 0 Å². The van der Waals surface area contributed by atoms with Crippen molar-refractivity contribution >= 4 is 6.08 Å². The molecule has 1 nitrogen and oxygen atoms in total. The topological polar surface area (TPSA) is 12.9 Å². The Labute approximate surface area is 102 Å². The molecule has 3 rings (SSSR count). The van der Waals surface area contributed by atoms with Crippen molar-refractivity contribution in [1.82, 2.24) is 4.98 Å². The van der Waals surface area contributed by atoms with Crippen LogP contribution in [0, 0.1) is 0 Å². The van der Waals surface area contributed by atoms with E-state index in [4.69, 9.17) is 0 Å². The lowest BCUT2D eigenvalue weighted by molar-refractivity contribution is 0.663. The molecule has 2 unspecified atom stereocenters. The molecule has 0 bridgehead atoms. The van der Waals surface area contributed by atoms with E-state index in [-0.39, 0.29) is 0 Å². The van der Waals surface area contributed by atoms with Gasteiger partial charge in [-0.2, -0.15) is 0 Å². The van der Waals surface area contributed by atoms with Gasteiger partial charge in [-0.3, -0.25) is 4.98 Å². The third kappa shape index (κ3) is 1.78. The van der Waals surface area contributed by atoms with Crippen molar-refractivity contribution in [3.8, 4) is 0 Å². The normalized spacial score (nSPS) is 19.0. The minimum absolute atomic E-state index is 0.427. The Morgan fingerprint density at radius 3 is 2.71 bits per heavy atom. The van der Waals surface area contributed by atoms with Crippen LogP contribution in [-0.4, -0.2) is 4.98 Å². The third-order valence-electron chi connectivity index (χ3n) is 3.53. The molecule has 1 aromatic carbocycles. The number of fused-ring (bicyclic) bond motifs is 1. The van der Waals surface area contributed by atoms with Crippen LogP contribution in [0.1, 0.15) is 35.6 Å². The summed E-state index contributed by atoms with van der Waals surface area (Å²) in [7, 11) is 0. The molecule has 2 atom stereocenters. The zero-order valence-corrected chi connectivity index (χ0v) is 9.88. The molecule has 1 heteroatoms. The highest BCUT2D eigenvalue weighted by atomic mass is 14.7. The maximum atomic E-state index is 4.46. The average molecular weight is 221 g/mol. The van der Waals surface area contributed by atoms with Crippen LogP contribution < -0.4 is 0 Å². The number of aromatic nitrogens is 1. The van der Waals surface area contributed by atoms with Gasteiger partial charge in [0.05, 0.1) is 0 Å². The Morgan fingerprint density at radius 2 is 1.88 bits per heavy atom. The van der Waals surface area contributed by atoms with Crippen molar-refractivity contribution in [2.45, 2.75) is 18.8 Å². The second-order valence-electron chi connectivity index (χ2n) is 4.56. The summed E-state index contributed by atoms with van der Waals surface area (Å²) in [5, 5.41) is 0. The predicted molar refractivity (Wildman–Crippen MR) is 70.9 cm³/mol. The van der Waals surface area contributed by atoms with Crippen molar-refractivity contribution in [3.05, 3.63) is 71.6 Å². The van der Waals surface area contributed by atoms with Gasteiger partial charge in [0, 0.05) is 23.7 Å². The molecule has 0 aliphatic heterocycles. The Balaban J connectivity index is 1.95. The number of hydrogen-bond acceptors (Lipinski definition) is 1. The number of rotatable bonds is 2. The van der Waals surface area contributed by atoms with Crippen molar-refractivity contribution in [2.75, 3.05) is 0 Å². The fourth-order valence-electron chi connectivity index (χ4n) is 2.54. The van der Waals surface area contributed by atoms with Crippen LogP contribution in [0.5, 0.6) is 0 Å². The van der Waals surface area contributed by atoms with E-state index in [1.807, 2.05) is 12.3 Å². The van der Waals surface area contributed by atoms with Gasteiger partial charge in [-0.15, -0.1) is 0 Å². The van der Waals surface area contributed by atoms with Gasteiger partial charge in [-0.05, 0) is 23.3 Å². The Morgan fingerprint density at radius 1 is 1.06 bits per heavy atom. The fraction of sp³-hybridized carbons (Fsp3) is 0.188. The van der Waals surface area contributed by atoms with E-state index in [0.29, 0.717) is 11.8 Å². The summed E-state index contributed by atoms with van der Waals surface area (Å²) in [6.45, 7) is 2.25. The van der Waals surface area contributed by atoms with E-state index in [1.54, 1.807) is 0 Å². The maximum absolute atomic E-state index is 4.46. The highest BCUT2D eigenvalue weighted by Crippen LogP contribution is 2.39. The van der Waals surface area contributed by atoms with Crippen LogP contribution >= 0.6 is 0 Å². The van der Waals surface area contributed by atoms with E-state index in [0.717, 1.165) is 0 Å². The van der Waals surface area contributed by atoms with E-state index in [9.17, 15) is 0 Å². The summed E-state index contributed by atoms with van der Waals surface area (Å²) in [6, 6.07) is 14.7. The molecule has 1 aliphatic carbocycles. The van der Waals surface area contributed by atoms with Gasteiger partial charge in [-0.25, -0.2) is 0 Å². The van der Waals surface area contributed by atoms with Crippen LogP contribution in [0.3, 0.4) is 0 Å². The molecule has 0 N–H and O–H groups in total. The first-order valence-corrected chi connectivity index (χ1v) is 6.04.